The third-order valence-electron chi connectivity index (χ3n) is 5.65. The summed E-state index contributed by atoms with van der Waals surface area (Å²) < 4.78 is 90.7. The highest BCUT2D eigenvalue weighted by Crippen LogP contribution is 2.29. The quantitative estimate of drug-likeness (QED) is 0.325. The molecule has 37 heavy (non-hydrogen) atoms. The van der Waals surface area contributed by atoms with E-state index in [1.165, 1.54) is 18.2 Å². The van der Waals surface area contributed by atoms with Crippen molar-refractivity contribution < 1.29 is 35.5 Å². The third kappa shape index (κ3) is 8.28. The summed E-state index contributed by atoms with van der Waals surface area (Å²) in [6, 6.07) is 12.7. The highest BCUT2D eigenvalue weighted by atomic mass is 19.4. The van der Waals surface area contributed by atoms with E-state index in [1.807, 2.05) is 5.32 Å². The smallest absolute Gasteiger partial charge is 0.345 e. The number of benzene rings is 2. The zero-order valence-electron chi connectivity index (χ0n) is 19.6. The maximum absolute atomic E-state index is 13.9. The Morgan fingerprint density at radius 1 is 0.946 bits per heavy atom. The monoisotopic (exact) mass is 527 g/mol. The van der Waals surface area contributed by atoms with Gasteiger partial charge in [0.1, 0.15) is 24.1 Å². The fourth-order valence-corrected chi connectivity index (χ4v) is 3.74. The van der Waals surface area contributed by atoms with Crippen LogP contribution in [0.4, 0.5) is 30.7 Å². The minimum Gasteiger partial charge on any atom is -0.345 e. The molecule has 2 aromatic carbocycles. The SMILES string of the molecule is Cc1cc([C@H](CCc2ccc(C(F)(F)F)nc2)N[C@@H](C(=O)NCC(F)(F)F)c2ccccc2)ccc1F. The van der Waals surface area contributed by atoms with E-state index in [9.17, 15) is 35.5 Å². The van der Waals surface area contributed by atoms with Crippen LogP contribution in [0.15, 0.2) is 66.9 Å². The minimum absolute atomic E-state index is 0.227. The molecule has 198 valence electrons. The zero-order valence-corrected chi connectivity index (χ0v) is 19.6. The average Bonchev–Trinajstić information content (AvgIpc) is 2.84. The Balaban J connectivity index is 1.89. The maximum Gasteiger partial charge on any atom is 0.433 e. The molecule has 2 atom stereocenters. The normalized spacial score (nSPS) is 13.7. The lowest BCUT2D eigenvalue weighted by molar-refractivity contribution is -0.141. The first-order valence-electron chi connectivity index (χ1n) is 11.3. The van der Waals surface area contributed by atoms with Gasteiger partial charge in [-0.05, 0) is 54.2 Å². The summed E-state index contributed by atoms with van der Waals surface area (Å²) in [4.78, 5) is 16.3. The van der Waals surface area contributed by atoms with Gasteiger partial charge in [0.05, 0.1) is 0 Å². The Labute approximate surface area is 208 Å². The summed E-state index contributed by atoms with van der Waals surface area (Å²) in [5.74, 6) is -1.37. The van der Waals surface area contributed by atoms with Crippen LogP contribution in [0.3, 0.4) is 0 Å². The number of alkyl halides is 6. The van der Waals surface area contributed by atoms with E-state index in [-0.39, 0.29) is 12.8 Å². The minimum atomic E-state index is -4.61. The lowest BCUT2D eigenvalue weighted by atomic mass is 9.95. The molecule has 0 fully saturated rings. The standard InChI is InChI=1S/C26H24F7N3O/c1-16-13-19(9-10-20(16)27)21(11-7-17-8-12-22(34-14-17)26(31,32)33)36-23(18-5-3-2-4-6-18)24(37)35-15-25(28,29)30/h2-6,8-10,12-14,21,23,36H,7,11,15H2,1H3,(H,35,37)/t21-,23+/m0/s1. The fraction of sp³-hybridized carbons (Fsp3) is 0.308. The van der Waals surface area contributed by atoms with Crippen molar-refractivity contribution in [3.63, 3.8) is 0 Å². The number of aryl methyl sites for hydroxylation is 2. The number of aromatic nitrogens is 1. The van der Waals surface area contributed by atoms with Gasteiger partial charge in [0.15, 0.2) is 0 Å². The fourth-order valence-electron chi connectivity index (χ4n) is 3.74. The highest BCUT2D eigenvalue weighted by Gasteiger charge is 2.33. The van der Waals surface area contributed by atoms with Gasteiger partial charge in [-0.15, -0.1) is 0 Å². The van der Waals surface area contributed by atoms with Gasteiger partial charge < -0.3 is 5.32 Å². The summed E-state index contributed by atoms with van der Waals surface area (Å²) in [5, 5.41) is 4.96. The molecule has 0 saturated heterocycles. The molecule has 0 saturated carbocycles. The van der Waals surface area contributed by atoms with E-state index in [1.54, 1.807) is 43.3 Å². The van der Waals surface area contributed by atoms with Crippen LogP contribution in [0, 0.1) is 12.7 Å². The third-order valence-corrected chi connectivity index (χ3v) is 5.65. The van der Waals surface area contributed by atoms with Crippen LogP contribution in [0.2, 0.25) is 0 Å². The number of carbonyl (C=O) groups is 1. The Bertz CT molecular complexity index is 1180. The topological polar surface area (TPSA) is 54.0 Å². The van der Waals surface area contributed by atoms with E-state index in [0.717, 1.165) is 12.3 Å². The van der Waals surface area contributed by atoms with Crippen LogP contribution in [-0.2, 0) is 17.4 Å². The predicted molar refractivity (Wildman–Crippen MR) is 123 cm³/mol. The molecule has 0 spiro atoms. The second-order valence-electron chi connectivity index (χ2n) is 8.49. The molecule has 0 aliphatic carbocycles. The molecule has 1 amide bonds. The zero-order chi connectivity index (χ0) is 27.2. The van der Waals surface area contributed by atoms with E-state index >= 15 is 0 Å². The molecule has 1 aromatic heterocycles. The molecular weight excluding hydrogens is 503 g/mol. The number of halogens is 7. The Morgan fingerprint density at radius 3 is 2.22 bits per heavy atom. The second kappa shape index (κ2) is 11.7. The number of rotatable bonds is 9. The first kappa shape index (κ1) is 28.1. The molecule has 0 unspecified atom stereocenters. The van der Waals surface area contributed by atoms with Crippen molar-refractivity contribution in [1.82, 2.24) is 15.6 Å². The van der Waals surface area contributed by atoms with Gasteiger partial charge in [-0.3, -0.25) is 15.1 Å². The molecule has 0 bridgehead atoms. The Hall–Kier alpha value is -3.47. The number of nitrogens with zero attached hydrogens (tertiary/aromatic N) is 1. The first-order valence-corrected chi connectivity index (χ1v) is 11.3. The van der Waals surface area contributed by atoms with Gasteiger partial charge in [-0.2, -0.15) is 26.3 Å². The summed E-state index contributed by atoms with van der Waals surface area (Å²) >= 11 is 0. The molecular formula is C26H24F7N3O. The van der Waals surface area contributed by atoms with Crippen LogP contribution in [0.5, 0.6) is 0 Å². The number of hydrogen-bond acceptors (Lipinski definition) is 3. The van der Waals surface area contributed by atoms with E-state index in [4.69, 9.17) is 0 Å². The Morgan fingerprint density at radius 2 is 1.65 bits per heavy atom. The van der Waals surface area contributed by atoms with Gasteiger partial charge in [0.25, 0.3) is 0 Å². The molecule has 11 heteroatoms. The van der Waals surface area contributed by atoms with Crippen molar-refractivity contribution in [2.75, 3.05) is 6.54 Å². The van der Waals surface area contributed by atoms with Crippen LogP contribution in [-0.4, -0.2) is 23.6 Å². The van der Waals surface area contributed by atoms with E-state index in [2.05, 4.69) is 10.3 Å². The summed E-state index contributed by atoms with van der Waals surface area (Å²) in [6.07, 6.45) is -7.64. The van der Waals surface area contributed by atoms with Gasteiger partial charge in [-0.25, -0.2) is 4.39 Å². The van der Waals surface area contributed by atoms with Gasteiger partial charge in [-0.1, -0.05) is 48.5 Å². The van der Waals surface area contributed by atoms with Crippen molar-refractivity contribution in [2.45, 2.75) is 44.2 Å². The summed E-state index contributed by atoms with van der Waals surface area (Å²) in [7, 11) is 0. The molecule has 4 nitrogen and oxygen atoms in total. The molecule has 0 aliphatic heterocycles. The molecule has 2 N–H and O–H groups in total. The van der Waals surface area contributed by atoms with E-state index < -0.39 is 48.4 Å². The van der Waals surface area contributed by atoms with Crippen LogP contribution >= 0.6 is 0 Å². The number of amides is 1. The molecule has 3 aromatic rings. The second-order valence-corrected chi connectivity index (χ2v) is 8.49. The number of pyridine rings is 1. The maximum atomic E-state index is 13.9. The van der Waals surface area contributed by atoms with Crippen molar-refractivity contribution in [3.8, 4) is 0 Å². The predicted octanol–water partition coefficient (Wildman–Crippen LogP) is 6.23. The van der Waals surface area contributed by atoms with Crippen molar-refractivity contribution in [1.29, 1.82) is 0 Å². The highest BCUT2D eigenvalue weighted by molar-refractivity contribution is 5.83. The first-order chi connectivity index (χ1) is 17.3. The largest absolute Gasteiger partial charge is 0.433 e. The van der Waals surface area contributed by atoms with E-state index in [0.29, 0.717) is 22.3 Å². The molecule has 0 aliphatic rings. The number of nitrogens with one attached hydrogen (secondary N) is 2. The van der Waals surface area contributed by atoms with Crippen molar-refractivity contribution in [2.24, 2.45) is 0 Å². The van der Waals surface area contributed by atoms with Crippen molar-refractivity contribution in [3.05, 3.63) is 101 Å². The summed E-state index contributed by atoms with van der Waals surface area (Å²) in [5.41, 5.74) is 0.728. The van der Waals surface area contributed by atoms with Gasteiger partial charge in [0, 0.05) is 12.2 Å². The summed E-state index contributed by atoms with van der Waals surface area (Å²) in [6.45, 7) is 0.0226. The molecule has 0 radical (unpaired) electrons. The number of carbonyl (C=O) groups excluding carboxylic acids is 1. The van der Waals surface area contributed by atoms with Crippen molar-refractivity contribution >= 4 is 5.91 Å². The Kier molecular flexibility index (Phi) is 8.90. The van der Waals surface area contributed by atoms with Gasteiger partial charge >= 0.3 is 12.4 Å². The van der Waals surface area contributed by atoms with Crippen LogP contribution in [0.25, 0.3) is 0 Å². The molecule has 3 rings (SSSR count). The number of hydrogen-bond donors (Lipinski definition) is 2. The lowest BCUT2D eigenvalue weighted by Crippen LogP contribution is -2.42. The average molecular weight is 527 g/mol. The van der Waals surface area contributed by atoms with Crippen LogP contribution in [0.1, 0.15) is 46.5 Å². The van der Waals surface area contributed by atoms with Gasteiger partial charge in [0.2, 0.25) is 5.91 Å². The lowest BCUT2D eigenvalue weighted by Gasteiger charge is -2.27. The molecule has 1 heterocycles. The van der Waals surface area contributed by atoms with Crippen LogP contribution < -0.4 is 10.6 Å².